The number of aliphatic carboxylic acids is 1. The molecule has 7 nitrogen and oxygen atoms in total. The smallest absolute Gasteiger partial charge is 0.322 e. The van der Waals surface area contributed by atoms with Crippen LogP contribution in [-0.2, 0) is 16.1 Å². The first kappa shape index (κ1) is 21.3. The van der Waals surface area contributed by atoms with Crippen molar-refractivity contribution in [1.82, 2.24) is 5.32 Å². The Hall–Kier alpha value is -2.74. The monoisotopic (exact) mass is 421 g/mol. The predicted molar refractivity (Wildman–Crippen MR) is 91.0 cm³/mol. The Morgan fingerprint density at radius 3 is 2.23 bits per heavy atom. The lowest BCUT2D eigenvalue weighted by atomic mass is 10.2. The molecule has 0 saturated carbocycles. The molecule has 0 bridgehead atoms. The first-order valence-electron chi connectivity index (χ1n) is 7.79. The van der Waals surface area contributed by atoms with Crippen molar-refractivity contribution >= 4 is 23.5 Å². The minimum atomic E-state index is -1.11. The van der Waals surface area contributed by atoms with Gasteiger partial charge in [0, 0.05) is 23.4 Å². The lowest BCUT2D eigenvalue weighted by molar-refractivity contribution is -0.695. The van der Waals surface area contributed by atoms with Crippen molar-refractivity contribution in [2.75, 3.05) is 11.9 Å². The summed E-state index contributed by atoms with van der Waals surface area (Å²) in [6.45, 7) is 2.14. The second kappa shape index (κ2) is 10.3. The number of carboxylic acids is 1. The largest absolute Gasteiger partial charge is 1.00 e. The van der Waals surface area contributed by atoms with Gasteiger partial charge in [-0.15, -0.1) is 0 Å². The van der Waals surface area contributed by atoms with E-state index < -0.39 is 18.4 Å². The minimum absolute atomic E-state index is 0. The van der Waals surface area contributed by atoms with Crippen LogP contribution in [0.3, 0.4) is 0 Å². The number of carboxylic acid groups (broad SMARTS) is 1. The molecule has 2 aromatic rings. The van der Waals surface area contributed by atoms with Gasteiger partial charge in [-0.05, 0) is 36.8 Å². The zero-order chi connectivity index (χ0) is 18.2. The van der Waals surface area contributed by atoms with Crippen LogP contribution in [-0.4, -0.2) is 29.4 Å². The van der Waals surface area contributed by atoms with Gasteiger partial charge in [0.15, 0.2) is 18.9 Å². The van der Waals surface area contributed by atoms with E-state index >= 15 is 0 Å². The summed E-state index contributed by atoms with van der Waals surface area (Å²) in [4.78, 5) is 34.1. The number of aryl methyl sites for hydroxylation is 2. The zero-order valence-electron chi connectivity index (χ0n) is 14.2. The summed E-state index contributed by atoms with van der Waals surface area (Å²) in [6, 6.07) is 10.2. The summed E-state index contributed by atoms with van der Waals surface area (Å²) >= 11 is 0. The van der Waals surface area contributed by atoms with Gasteiger partial charge in [0.2, 0.25) is 5.91 Å². The maximum Gasteiger partial charge on any atom is 0.322 e. The van der Waals surface area contributed by atoms with E-state index in [0.29, 0.717) is 24.2 Å². The van der Waals surface area contributed by atoms with Crippen molar-refractivity contribution < 1.29 is 41.0 Å². The van der Waals surface area contributed by atoms with E-state index in [1.54, 1.807) is 12.1 Å². The van der Waals surface area contributed by atoms with E-state index in [1.807, 2.05) is 36.0 Å². The molecule has 2 amide bonds. The second-order valence-corrected chi connectivity index (χ2v) is 5.57. The van der Waals surface area contributed by atoms with Crippen LogP contribution >= 0.6 is 0 Å². The number of hydrogen-bond acceptors (Lipinski definition) is 3. The topological polar surface area (TPSA) is 99.4 Å². The summed E-state index contributed by atoms with van der Waals surface area (Å²) in [5.74, 6) is -1.71. The highest BCUT2D eigenvalue weighted by atomic mass is 79.9. The third-order valence-corrected chi connectivity index (χ3v) is 3.49. The first-order valence-corrected chi connectivity index (χ1v) is 7.79. The summed E-state index contributed by atoms with van der Waals surface area (Å²) in [5.41, 5.74) is 2.07. The highest BCUT2D eigenvalue weighted by Gasteiger charge is 2.09. The summed E-state index contributed by atoms with van der Waals surface area (Å²) in [5, 5.41) is 13.6. The van der Waals surface area contributed by atoms with Gasteiger partial charge in [0.1, 0.15) is 6.54 Å². The standard InChI is InChI=1S/C18H19N3O4.BrH/c1-13-6-9-21(10-7-13)11-8-16(22)20-15-4-2-14(3-5-15)18(25)19-12-17(23)24;/h2-7,9-10H,8,11-12H2,1H3,(H2-,19,20,22,23,24,25);1H. The quantitative estimate of drug-likeness (QED) is 0.456. The number of benzene rings is 1. The fraction of sp³-hybridized carbons (Fsp3) is 0.222. The molecule has 0 fully saturated rings. The average Bonchev–Trinajstić information content (AvgIpc) is 2.60. The van der Waals surface area contributed by atoms with Gasteiger partial charge in [-0.3, -0.25) is 14.4 Å². The molecule has 0 spiro atoms. The lowest BCUT2D eigenvalue weighted by Gasteiger charge is -2.06. The average molecular weight is 422 g/mol. The fourth-order valence-corrected chi connectivity index (χ4v) is 2.10. The molecule has 0 aliphatic carbocycles. The van der Waals surface area contributed by atoms with Gasteiger partial charge >= 0.3 is 5.97 Å². The van der Waals surface area contributed by atoms with Crippen molar-refractivity contribution in [2.24, 2.45) is 0 Å². The number of carbonyl (C=O) groups is 3. The van der Waals surface area contributed by atoms with Gasteiger partial charge in [-0.1, -0.05) is 0 Å². The molecule has 2 rings (SSSR count). The van der Waals surface area contributed by atoms with Crippen LogP contribution in [0.1, 0.15) is 22.3 Å². The molecule has 0 aliphatic heterocycles. The number of rotatable bonds is 7. The van der Waals surface area contributed by atoms with Crippen LogP contribution in [0.25, 0.3) is 0 Å². The maximum atomic E-state index is 12.0. The van der Waals surface area contributed by atoms with E-state index in [0.717, 1.165) is 5.56 Å². The number of hydrogen-bond donors (Lipinski definition) is 3. The third-order valence-electron chi connectivity index (χ3n) is 3.49. The van der Waals surface area contributed by atoms with Gasteiger partial charge in [-0.25, -0.2) is 4.57 Å². The Labute approximate surface area is 161 Å². The Kier molecular flexibility index (Phi) is 8.44. The molecule has 0 aliphatic rings. The number of nitrogens with one attached hydrogen (secondary N) is 2. The number of pyridine rings is 1. The summed E-state index contributed by atoms with van der Waals surface area (Å²) in [6.07, 6.45) is 4.18. The molecule has 138 valence electrons. The van der Waals surface area contributed by atoms with Gasteiger partial charge in [-0.2, -0.15) is 0 Å². The molecule has 3 N–H and O–H groups in total. The predicted octanol–water partition coefficient (Wildman–Crippen LogP) is -1.87. The molecular formula is C18H20BrN3O4. The molecule has 0 saturated heterocycles. The van der Waals surface area contributed by atoms with E-state index in [4.69, 9.17) is 5.11 Å². The second-order valence-electron chi connectivity index (χ2n) is 5.57. The molecule has 26 heavy (non-hydrogen) atoms. The van der Waals surface area contributed by atoms with Crippen molar-refractivity contribution in [2.45, 2.75) is 19.9 Å². The Bertz CT molecular complexity index is 761. The van der Waals surface area contributed by atoms with Crippen LogP contribution in [0, 0.1) is 6.92 Å². The lowest BCUT2D eigenvalue weighted by Crippen LogP contribution is -3.00. The number of halogens is 1. The number of amides is 2. The van der Waals surface area contributed by atoms with Crippen molar-refractivity contribution in [1.29, 1.82) is 0 Å². The van der Waals surface area contributed by atoms with Crippen LogP contribution in [0.4, 0.5) is 5.69 Å². The van der Waals surface area contributed by atoms with Crippen molar-refractivity contribution in [3.8, 4) is 0 Å². The van der Waals surface area contributed by atoms with Gasteiger partial charge < -0.3 is 32.7 Å². The normalized spacial score (nSPS) is 9.73. The molecule has 8 heteroatoms. The fourth-order valence-electron chi connectivity index (χ4n) is 2.10. The van der Waals surface area contributed by atoms with Crippen molar-refractivity contribution in [3.05, 3.63) is 59.9 Å². The van der Waals surface area contributed by atoms with Crippen LogP contribution in [0.5, 0.6) is 0 Å². The summed E-state index contributed by atoms with van der Waals surface area (Å²) < 4.78 is 1.93. The number of carbonyl (C=O) groups excluding carboxylic acids is 2. The van der Waals surface area contributed by atoms with Gasteiger partial charge in [0.05, 0.1) is 6.42 Å². The number of aromatic nitrogens is 1. The van der Waals surface area contributed by atoms with E-state index in [-0.39, 0.29) is 22.9 Å². The van der Waals surface area contributed by atoms with Crippen LogP contribution < -0.4 is 32.2 Å². The summed E-state index contributed by atoms with van der Waals surface area (Å²) in [7, 11) is 0. The molecule has 1 aromatic heterocycles. The SMILES string of the molecule is Cc1cc[n+](CCC(=O)Nc2ccc(C(=O)NCC(=O)O)cc2)cc1.[Br-]. The third kappa shape index (κ3) is 7.02. The van der Waals surface area contributed by atoms with Crippen LogP contribution in [0.15, 0.2) is 48.8 Å². The molecule has 0 radical (unpaired) electrons. The van der Waals surface area contributed by atoms with E-state index in [9.17, 15) is 14.4 Å². The molecule has 0 atom stereocenters. The van der Waals surface area contributed by atoms with E-state index in [1.165, 1.54) is 12.1 Å². The Morgan fingerprint density at radius 2 is 1.65 bits per heavy atom. The number of nitrogens with zero attached hydrogens (tertiary/aromatic N) is 1. The maximum absolute atomic E-state index is 12.0. The first-order chi connectivity index (χ1) is 11.9. The highest BCUT2D eigenvalue weighted by molar-refractivity contribution is 5.97. The van der Waals surface area contributed by atoms with E-state index in [2.05, 4.69) is 10.6 Å². The number of anilines is 1. The highest BCUT2D eigenvalue weighted by Crippen LogP contribution is 2.10. The van der Waals surface area contributed by atoms with Gasteiger partial charge in [0.25, 0.3) is 5.91 Å². The zero-order valence-corrected chi connectivity index (χ0v) is 15.8. The van der Waals surface area contributed by atoms with Crippen LogP contribution in [0.2, 0.25) is 0 Å². The molecule has 0 unspecified atom stereocenters. The Morgan fingerprint density at radius 1 is 1.04 bits per heavy atom. The molecular weight excluding hydrogens is 402 g/mol. The minimum Gasteiger partial charge on any atom is -1.00 e. The molecule has 1 aromatic carbocycles. The van der Waals surface area contributed by atoms with Crippen molar-refractivity contribution in [3.63, 3.8) is 0 Å². The molecule has 1 heterocycles. The Balaban J connectivity index is 0.00000338.